The summed E-state index contributed by atoms with van der Waals surface area (Å²) in [6.45, 7) is 0.269. The SMILES string of the molecule is Nc1nc2cc(OC[C@H]3C[C@@H](n4c5c(c6c(N)ncnc64)CCC5)[C@H](O)[C@@H]3O)ccc2cc1Br. The van der Waals surface area contributed by atoms with E-state index in [2.05, 4.69) is 35.4 Å². The van der Waals surface area contributed by atoms with Crippen LogP contribution in [0.3, 0.4) is 0 Å². The fraction of sp³-hybridized carbons (Fsp3) is 0.375. The first-order valence-corrected chi connectivity index (χ1v) is 12.2. The average Bonchev–Trinajstić information content (AvgIpc) is 3.48. The Balaban J connectivity index is 1.26. The monoisotopic (exact) mass is 524 g/mol. The number of ether oxygens (including phenoxy) is 1. The number of benzene rings is 1. The molecule has 176 valence electrons. The van der Waals surface area contributed by atoms with Crippen molar-refractivity contribution in [1.82, 2.24) is 19.5 Å². The van der Waals surface area contributed by atoms with Crippen LogP contribution in [-0.2, 0) is 12.8 Å². The second kappa shape index (κ2) is 8.07. The van der Waals surface area contributed by atoms with Gasteiger partial charge in [-0.2, -0.15) is 0 Å². The van der Waals surface area contributed by atoms with Crippen molar-refractivity contribution < 1.29 is 14.9 Å². The number of aromatic nitrogens is 4. The van der Waals surface area contributed by atoms with Gasteiger partial charge in [0, 0.05) is 23.1 Å². The Morgan fingerprint density at radius 3 is 2.79 bits per heavy atom. The maximum Gasteiger partial charge on any atom is 0.146 e. The van der Waals surface area contributed by atoms with E-state index in [-0.39, 0.29) is 18.6 Å². The van der Waals surface area contributed by atoms with Gasteiger partial charge in [-0.1, -0.05) is 0 Å². The molecule has 0 saturated heterocycles. The average molecular weight is 525 g/mol. The number of aliphatic hydroxyl groups is 2. The lowest BCUT2D eigenvalue weighted by molar-refractivity contribution is -0.00165. The van der Waals surface area contributed by atoms with Gasteiger partial charge in [-0.25, -0.2) is 15.0 Å². The van der Waals surface area contributed by atoms with Gasteiger partial charge in [0.15, 0.2) is 0 Å². The quantitative estimate of drug-likeness (QED) is 0.318. The number of rotatable bonds is 4. The van der Waals surface area contributed by atoms with Crippen LogP contribution in [0.2, 0.25) is 0 Å². The summed E-state index contributed by atoms with van der Waals surface area (Å²) in [5.74, 6) is 1.28. The number of nitrogen functional groups attached to an aromatic ring is 2. The highest BCUT2D eigenvalue weighted by Crippen LogP contribution is 2.43. The Bertz CT molecular complexity index is 1420. The van der Waals surface area contributed by atoms with E-state index in [0.717, 1.165) is 51.4 Å². The van der Waals surface area contributed by atoms with Crippen LogP contribution in [0.1, 0.15) is 30.1 Å². The van der Waals surface area contributed by atoms with Gasteiger partial charge in [0.1, 0.15) is 35.5 Å². The summed E-state index contributed by atoms with van der Waals surface area (Å²) in [6.07, 6.45) is 3.03. The zero-order valence-electron chi connectivity index (χ0n) is 18.4. The third kappa shape index (κ3) is 3.31. The van der Waals surface area contributed by atoms with Gasteiger partial charge in [0.05, 0.1) is 34.1 Å². The van der Waals surface area contributed by atoms with E-state index < -0.39 is 12.2 Å². The molecule has 10 heteroatoms. The Kier molecular flexibility index (Phi) is 5.12. The summed E-state index contributed by atoms with van der Waals surface area (Å²) in [5, 5.41) is 23.7. The van der Waals surface area contributed by atoms with Gasteiger partial charge >= 0.3 is 0 Å². The van der Waals surface area contributed by atoms with Crippen LogP contribution in [0.5, 0.6) is 5.75 Å². The van der Waals surface area contributed by atoms with Crippen molar-refractivity contribution in [2.24, 2.45) is 5.92 Å². The van der Waals surface area contributed by atoms with Crippen LogP contribution >= 0.6 is 15.9 Å². The molecule has 3 aromatic heterocycles. The van der Waals surface area contributed by atoms with Gasteiger partial charge in [0.25, 0.3) is 0 Å². The Morgan fingerprint density at radius 2 is 1.94 bits per heavy atom. The largest absolute Gasteiger partial charge is 0.493 e. The fourth-order valence-corrected chi connectivity index (χ4v) is 5.89. The number of fused-ring (bicyclic) bond motifs is 4. The van der Waals surface area contributed by atoms with Crippen molar-refractivity contribution in [3.05, 3.63) is 46.3 Å². The molecule has 1 aromatic carbocycles. The van der Waals surface area contributed by atoms with E-state index in [1.807, 2.05) is 24.3 Å². The van der Waals surface area contributed by atoms with Crippen LogP contribution in [-0.4, -0.2) is 48.5 Å². The molecule has 2 aliphatic carbocycles. The lowest BCUT2D eigenvalue weighted by Gasteiger charge is -2.21. The molecule has 1 saturated carbocycles. The molecule has 4 atom stereocenters. The van der Waals surface area contributed by atoms with E-state index in [1.165, 1.54) is 11.9 Å². The number of aliphatic hydroxyl groups excluding tert-OH is 2. The maximum absolute atomic E-state index is 11.0. The molecule has 0 spiro atoms. The van der Waals surface area contributed by atoms with E-state index in [1.54, 1.807) is 0 Å². The highest BCUT2D eigenvalue weighted by molar-refractivity contribution is 9.10. The summed E-state index contributed by atoms with van der Waals surface area (Å²) in [7, 11) is 0. The van der Waals surface area contributed by atoms with Gasteiger partial charge < -0.3 is 31.0 Å². The molecular weight excluding hydrogens is 500 g/mol. The number of hydrogen-bond acceptors (Lipinski definition) is 8. The maximum atomic E-state index is 11.0. The molecule has 4 aromatic rings. The Labute approximate surface area is 203 Å². The first-order chi connectivity index (χ1) is 16.4. The van der Waals surface area contributed by atoms with E-state index >= 15 is 0 Å². The van der Waals surface area contributed by atoms with E-state index in [0.29, 0.717) is 23.8 Å². The molecule has 6 rings (SSSR count). The molecule has 2 aliphatic rings. The first kappa shape index (κ1) is 21.6. The molecule has 6 N–H and O–H groups in total. The first-order valence-electron chi connectivity index (χ1n) is 11.4. The zero-order valence-corrected chi connectivity index (χ0v) is 19.9. The molecular formula is C24H25BrN6O3. The van der Waals surface area contributed by atoms with E-state index in [4.69, 9.17) is 16.2 Å². The highest BCUT2D eigenvalue weighted by atomic mass is 79.9. The predicted octanol–water partition coefficient (Wildman–Crippen LogP) is 2.76. The lowest BCUT2D eigenvalue weighted by Crippen LogP contribution is -2.31. The van der Waals surface area contributed by atoms with Crippen molar-refractivity contribution in [1.29, 1.82) is 0 Å². The van der Waals surface area contributed by atoms with Crippen molar-refractivity contribution in [2.75, 3.05) is 18.1 Å². The van der Waals surface area contributed by atoms with Crippen molar-refractivity contribution >= 4 is 49.5 Å². The minimum atomic E-state index is -0.930. The minimum absolute atomic E-state index is 0.243. The standard InChI is InChI=1S/C24H25BrN6O3/c25-15-6-11-4-5-13(8-16(11)30-22(15)26)34-9-12-7-18(21(33)20(12)32)31-17-3-1-2-14(17)19-23(27)28-10-29-24(19)31/h4-6,8,10,12,18,20-21,32-33H,1-3,7,9H2,(H2,26,30)(H2,27,28,29)/t12-,18-,20-,21+/m1/s1. The molecule has 34 heavy (non-hydrogen) atoms. The topological polar surface area (TPSA) is 145 Å². The van der Waals surface area contributed by atoms with Crippen molar-refractivity contribution in [2.45, 2.75) is 43.9 Å². The predicted molar refractivity (Wildman–Crippen MR) is 132 cm³/mol. The summed E-state index contributed by atoms with van der Waals surface area (Å²) < 4.78 is 8.87. The van der Waals surface area contributed by atoms with E-state index in [9.17, 15) is 10.2 Å². The van der Waals surface area contributed by atoms with Gasteiger partial charge in [-0.3, -0.25) is 0 Å². The van der Waals surface area contributed by atoms with Crippen LogP contribution < -0.4 is 16.2 Å². The zero-order chi connectivity index (χ0) is 23.6. The summed E-state index contributed by atoms with van der Waals surface area (Å²) in [4.78, 5) is 13.1. The molecule has 9 nitrogen and oxygen atoms in total. The Morgan fingerprint density at radius 1 is 1.09 bits per heavy atom. The van der Waals surface area contributed by atoms with Crippen LogP contribution in [0.25, 0.3) is 21.9 Å². The Hall–Kier alpha value is -2.95. The number of hydrogen-bond donors (Lipinski definition) is 4. The fourth-order valence-electron chi connectivity index (χ4n) is 5.56. The minimum Gasteiger partial charge on any atom is -0.493 e. The van der Waals surface area contributed by atoms with Crippen LogP contribution in [0, 0.1) is 5.92 Å². The number of halogens is 1. The van der Waals surface area contributed by atoms with Crippen LogP contribution in [0.15, 0.2) is 35.1 Å². The molecule has 0 unspecified atom stereocenters. The second-order valence-corrected chi connectivity index (χ2v) is 10.0. The third-order valence-corrected chi connectivity index (χ3v) is 7.84. The van der Waals surface area contributed by atoms with Gasteiger partial charge in [-0.15, -0.1) is 0 Å². The van der Waals surface area contributed by atoms with Gasteiger partial charge in [-0.05, 0) is 65.4 Å². The number of anilines is 2. The third-order valence-electron chi connectivity index (χ3n) is 7.20. The normalized spacial score (nSPS) is 24.2. The second-order valence-electron chi connectivity index (χ2n) is 9.17. The molecule has 0 radical (unpaired) electrons. The summed E-state index contributed by atoms with van der Waals surface area (Å²) in [5.41, 5.74) is 15.9. The lowest BCUT2D eigenvalue weighted by atomic mass is 10.1. The number of pyridine rings is 1. The number of nitrogens with zero attached hydrogens (tertiary/aromatic N) is 4. The van der Waals surface area contributed by atoms with Crippen molar-refractivity contribution in [3.63, 3.8) is 0 Å². The molecule has 0 aliphatic heterocycles. The number of aryl methyl sites for hydroxylation is 1. The van der Waals surface area contributed by atoms with Gasteiger partial charge in [0.2, 0.25) is 0 Å². The molecule has 3 heterocycles. The smallest absolute Gasteiger partial charge is 0.146 e. The summed E-state index contributed by atoms with van der Waals surface area (Å²) >= 11 is 3.39. The molecule has 0 amide bonds. The number of nitrogens with two attached hydrogens (primary N) is 2. The van der Waals surface area contributed by atoms with Crippen molar-refractivity contribution in [3.8, 4) is 5.75 Å². The molecule has 1 fully saturated rings. The molecule has 0 bridgehead atoms. The van der Waals surface area contributed by atoms with Crippen LogP contribution in [0.4, 0.5) is 11.6 Å². The summed E-state index contributed by atoms with van der Waals surface area (Å²) in [6, 6.07) is 7.23. The highest BCUT2D eigenvalue weighted by Gasteiger charge is 2.44.